The minimum Gasteiger partial charge on any atom is -0.356 e. The van der Waals surface area contributed by atoms with Crippen LogP contribution in [0, 0.1) is 25.4 Å². The van der Waals surface area contributed by atoms with Crippen molar-refractivity contribution in [2.75, 3.05) is 0 Å². The molecular formula is C10H5ClN5NaO5. The van der Waals surface area contributed by atoms with Crippen LogP contribution in [-0.2, 0) is 0 Å². The molecule has 108 valence electrons. The van der Waals surface area contributed by atoms with Crippen LogP contribution in [0.15, 0.2) is 24.5 Å². The molecule has 0 fully saturated rings. The van der Waals surface area contributed by atoms with Gasteiger partial charge in [-0.3, -0.25) is 10.1 Å². The van der Waals surface area contributed by atoms with Crippen molar-refractivity contribution < 1.29 is 39.6 Å². The molecule has 1 aromatic carbocycles. The molecule has 22 heavy (non-hydrogen) atoms. The van der Waals surface area contributed by atoms with Crippen LogP contribution in [0.3, 0.4) is 0 Å². The molecule has 0 saturated heterocycles. The maximum Gasteiger partial charge on any atom is 1.00 e. The summed E-state index contributed by atoms with van der Waals surface area (Å²) >= 11 is 5.91. The topological polar surface area (TPSA) is 151 Å². The molecule has 3 rings (SSSR count). The van der Waals surface area contributed by atoms with E-state index in [2.05, 4.69) is 15.0 Å². The molecule has 1 N–H and O–H groups in total. The molecular weight excluding hydrogens is 329 g/mol. The van der Waals surface area contributed by atoms with Gasteiger partial charge in [0.2, 0.25) is 0 Å². The van der Waals surface area contributed by atoms with Crippen molar-refractivity contribution in [1.29, 1.82) is 0 Å². The Morgan fingerprint density at radius 3 is 2.36 bits per heavy atom. The second-order valence-corrected chi connectivity index (χ2v) is 4.08. The summed E-state index contributed by atoms with van der Waals surface area (Å²) in [5.74, 6) is 0. The number of benzene rings is 1. The summed E-state index contributed by atoms with van der Waals surface area (Å²) in [6, 6.07) is 4.53. The van der Waals surface area contributed by atoms with E-state index in [-0.39, 0.29) is 35.2 Å². The van der Waals surface area contributed by atoms with Crippen molar-refractivity contribution in [3.63, 3.8) is 0 Å². The Morgan fingerprint density at radius 1 is 1.14 bits per heavy atom. The number of non-ortho nitro benzene ring substituents is 1. The summed E-state index contributed by atoms with van der Waals surface area (Å²) < 4.78 is 0. The Balaban J connectivity index is 0.000000436. The number of rotatable bonds is 1. The number of aromatic nitrogens is 3. The van der Waals surface area contributed by atoms with E-state index < -0.39 is 10.0 Å². The summed E-state index contributed by atoms with van der Waals surface area (Å²) in [5.41, 5.74) is 1.94. The molecule has 10 nitrogen and oxygen atoms in total. The van der Waals surface area contributed by atoms with Crippen LogP contribution in [0.5, 0.6) is 0 Å². The summed E-state index contributed by atoms with van der Waals surface area (Å²) in [6.45, 7) is 0. The molecule has 3 aromatic rings. The van der Waals surface area contributed by atoms with E-state index in [9.17, 15) is 10.1 Å². The quantitative estimate of drug-likeness (QED) is 0.271. The number of halogens is 1. The molecule has 2 aromatic heterocycles. The van der Waals surface area contributed by atoms with Crippen LogP contribution in [0.4, 0.5) is 5.69 Å². The number of hydrogen-bond acceptors (Lipinski definition) is 7. The molecule has 0 radical (unpaired) electrons. The van der Waals surface area contributed by atoms with Gasteiger partial charge in [0, 0.05) is 23.0 Å². The number of H-pyrrole nitrogens is 1. The number of nitro benzene ring substituents is 1. The summed E-state index contributed by atoms with van der Waals surface area (Å²) in [4.78, 5) is 29.5. The van der Waals surface area contributed by atoms with Crippen LogP contribution >= 0.6 is 11.6 Å². The summed E-state index contributed by atoms with van der Waals surface area (Å²) in [6.07, 6.45) is 1.33. The first kappa shape index (κ1) is 18.0. The predicted molar refractivity (Wildman–Crippen MR) is 73.4 cm³/mol. The second kappa shape index (κ2) is 7.31. The second-order valence-electron chi connectivity index (χ2n) is 3.72. The predicted octanol–water partition coefficient (Wildman–Crippen LogP) is -0.562. The fourth-order valence-corrected chi connectivity index (χ4v) is 1.94. The zero-order valence-electron chi connectivity index (χ0n) is 11.0. The van der Waals surface area contributed by atoms with Crippen molar-refractivity contribution >= 4 is 39.2 Å². The molecule has 0 aliphatic heterocycles. The molecule has 0 saturated carbocycles. The zero-order valence-corrected chi connectivity index (χ0v) is 13.8. The van der Waals surface area contributed by atoms with Gasteiger partial charge in [0.25, 0.3) is 5.69 Å². The fraction of sp³-hybridized carbons (Fsp3) is 0. The number of nitrogens with one attached hydrogen (secondary N) is 1. The van der Waals surface area contributed by atoms with Gasteiger partial charge < -0.3 is 20.3 Å². The minimum atomic E-state index is -1.75. The van der Waals surface area contributed by atoms with Gasteiger partial charge >= 0.3 is 29.6 Å². The number of aromatic amines is 1. The van der Waals surface area contributed by atoms with Crippen molar-refractivity contribution in [2.24, 2.45) is 0 Å². The Labute approximate surface area is 148 Å². The third kappa shape index (κ3) is 3.80. The Hall–Kier alpha value is -2.01. The van der Waals surface area contributed by atoms with Gasteiger partial charge in [0.15, 0.2) is 5.15 Å². The minimum absolute atomic E-state index is 0. The van der Waals surface area contributed by atoms with E-state index in [1.54, 1.807) is 6.07 Å². The van der Waals surface area contributed by atoms with E-state index in [1.807, 2.05) is 0 Å². The first-order valence-corrected chi connectivity index (χ1v) is 5.66. The number of nitrogens with zero attached hydrogens (tertiary/aromatic N) is 4. The maximum absolute atomic E-state index is 10.7. The van der Waals surface area contributed by atoms with E-state index in [0.29, 0.717) is 21.6 Å². The maximum atomic E-state index is 10.7. The van der Waals surface area contributed by atoms with Crippen molar-refractivity contribution in [1.82, 2.24) is 15.0 Å². The molecule has 0 aliphatic rings. The van der Waals surface area contributed by atoms with Crippen LogP contribution < -0.4 is 29.6 Å². The summed E-state index contributed by atoms with van der Waals surface area (Å²) in [5, 5.41) is 26.4. The van der Waals surface area contributed by atoms with Gasteiger partial charge in [-0.25, -0.2) is 9.97 Å². The molecule has 0 bridgehead atoms. The van der Waals surface area contributed by atoms with Gasteiger partial charge in [-0.2, -0.15) is 0 Å². The summed E-state index contributed by atoms with van der Waals surface area (Å²) in [7, 11) is 0. The number of nitro groups is 1. The zero-order chi connectivity index (χ0) is 15.6. The van der Waals surface area contributed by atoms with Crippen LogP contribution in [0.25, 0.3) is 21.9 Å². The SMILES string of the molecule is O=[N+]([O-])[O-].O=[N+]([O-])c1ccc2[nH]c3c(Cl)ncnc3c2c1.[Na+]. The molecule has 0 spiro atoms. The Kier molecular flexibility index (Phi) is 6.00. The third-order valence-corrected chi connectivity index (χ3v) is 2.82. The Morgan fingerprint density at radius 2 is 1.77 bits per heavy atom. The van der Waals surface area contributed by atoms with Gasteiger partial charge in [-0.15, -0.1) is 0 Å². The average Bonchev–Trinajstić information content (AvgIpc) is 2.77. The molecule has 0 amide bonds. The van der Waals surface area contributed by atoms with Gasteiger partial charge in [-0.1, -0.05) is 11.6 Å². The van der Waals surface area contributed by atoms with E-state index in [0.717, 1.165) is 5.52 Å². The van der Waals surface area contributed by atoms with E-state index in [1.165, 1.54) is 18.5 Å². The molecule has 0 aliphatic carbocycles. The number of fused-ring (bicyclic) bond motifs is 3. The van der Waals surface area contributed by atoms with Crippen molar-refractivity contribution in [3.05, 3.63) is 55.1 Å². The average molecular weight is 334 g/mol. The molecule has 2 heterocycles. The van der Waals surface area contributed by atoms with Gasteiger partial charge in [-0.05, 0) is 6.07 Å². The Bertz CT molecular complexity index is 850. The fourth-order valence-electron chi connectivity index (χ4n) is 1.76. The smallest absolute Gasteiger partial charge is 0.356 e. The monoisotopic (exact) mass is 333 g/mol. The van der Waals surface area contributed by atoms with Gasteiger partial charge in [0.05, 0.1) is 10.0 Å². The normalized spacial score (nSPS) is 9.68. The van der Waals surface area contributed by atoms with E-state index >= 15 is 0 Å². The largest absolute Gasteiger partial charge is 1.00 e. The third-order valence-electron chi connectivity index (χ3n) is 2.53. The molecule has 0 atom stereocenters. The van der Waals surface area contributed by atoms with Crippen LogP contribution in [-0.4, -0.2) is 25.0 Å². The molecule has 12 heteroatoms. The first-order chi connectivity index (χ1) is 9.90. The van der Waals surface area contributed by atoms with Crippen molar-refractivity contribution in [3.8, 4) is 0 Å². The molecule has 0 unspecified atom stereocenters. The first-order valence-electron chi connectivity index (χ1n) is 5.28. The van der Waals surface area contributed by atoms with Crippen molar-refractivity contribution in [2.45, 2.75) is 0 Å². The van der Waals surface area contributed by atoms with E-state index in [4.69, 9.17) is 26.9 Å². The van der Waals surface area contributed by atoms with Crippen LogP contribution in [0.1, 0.15) is 0 Å². The standard InChI is InChI=1S/C10H5ClN4O2.NO3.Na/c11-10-9-8(12-4-13-10)6-3-5(15(16)17)1-2-7(6)14-9;2-1(3)4;/h1-4,14H;;/q;-1;+1. The number of hydrogen-bond donors (Lipinski definition) is 1. The van der Waals surface area contributed by atoms with Crippen LogP contribution in [0.2, 0.25) is 5.15 Å². The van der Waals surface area contributed by atoms with Gasteiger partial charge in [0.1, 0.15) is 17.4 Å².